The number of nitrogens with zero attached hydrogens (tertiary/aromatic N) is 3. The molecule has 32 heavy (non-hydrogen) atoms. The molecule has 0 atom stereocenters. The van der Waals surface area contributed by atoms with Gasteiger partial charge in [-0.2, -0.15) is 5.10 Å². The van der Waals surface area contributed by atoms with Crippen LogP contribution in [0, 0.1) is 0 Å². The molecule has 0 saturated carbocycles. The van der Waals surface area contributed by atoms with Crippen LogP contribution in [0.5, 0.6) is 5.75 Å². The van der Waals surface area contributed by atoms with Crippen molar-refractivity contribution in [1.29, 1.82) is 0 Å². The molecule has 2 aromatic carbocycles. The number of fused-ring (bicyclic) bond motifs is 1. The molecule has 8 nitrogen and oxygen atoms in total. The van der Waals surface area contributed by atoms with Crippen molar-refractivity contribution in [3.8, 4) is 5.75 Å². The Morgan fingerprint density at radius 3 is 2.41 bits per heavy atom. The van der Waals surface area contributed by atoms with E-state index in [0.29, 0.717) is 41.8 Å². The number of halogens is 1. The monoisotopic (exact) mass is 456 g/mol. The summed E-state index contributed by atoms with van der Waals surface area (Å²) >= 11 is 6.29. The highest BCUT2D eigenvalue weighted by atomic mass is 35.5. The predicted molar refractivity (Wildman–Crippen MR) is 125 cm³/mol. The van der Waals surface area contributed by atoms with E-state index >= 15 is 0 Å². The molecule has 0 saturated heterocycles. The smallest absolute Gasteiger partial charge is 0.276 e. The van der Waals surface area contributed by atoms with Crippen LogP contribution in [0.1, 0.15) is 31.3 Å². The Morgan fingerprint density at radius 1 is 1.09 bits per heavy atom. The summed E-state index contributed by atoms with van der Waals surface area (Å²) in [4.78, 5) is 39.2. The molecule has 168 valence electrons. The van der Waals surface area contributed by atoms with Gasteiger partial charge in [0.25, 0.3) is 17.4 Å². The highest BCUT2D eigenvalue weighted by molar-refractivity contribution is 6.32. The molecule has 0 radical (unpaired) electrons. The fourth-order valence-electron chi connectivity index (χ4n) is 3.31. The molecule has 0 bridgehead atoms. The van der Waals surface area contributed by atoms with Crippen molar-refractivity contribution < 1.29 is 14.3 Å². The standard InChI is InChI=1S/C23H25ClN4O4/c1-4-27(5-2)20(29)14-32-19-12-11-15(13-18(19)24)25-22(30)21-16-9-7-8-10-17(16)23(31)28(6-3)26-21/h7-13H,4-6,14H2,1-3H3,(H,25,30). The molecule has 3 rings (SSSR count). The van der Waals surface area contributed by atoms with Crippen LogP contribution in [0.4, 0.5) is 5.69 Å². The van der Waals surface area contributed by atoms with Gasteiger partial charge in [0.15, 0.2) is 12.3 Å². The number of nitrogens with one attached hydrogen (secondary N) is 1. The number of ether oxygens (including phenoxy) is 1. The van der Waals surface area contributed by atoms with Crippen molar-refractivity contribution >= 4 is 39.9 Å². The molecule has 1 heterocycles. The molecule has 3 aromatic rings. The maximum absolute atomic E-state index is 12.9. The van der Waals surface area contributed by atoms with Gasteiger partial charge >= 0.3 is 0 Å². The van der Waals surface area contributed by atoms with Crippen LogP contribution in [0.25, 0.3) is 10.8 Å². The predicted octanol–water partition coefficient (Wildman–Crippen LogP) is 3.57. The van der Waals surface area contributed by atoms with Gasteiger partial charge in [0.05, 0.1) is 10.4 Å². The first-order chi connectivity index (χ1) is 15.4. The van der Waals surface area contributed by atoms with Crippen LogP contribution in [-0.2, 0) is 11.3 Å². The van der Waals surface area contributed by atoms with Crippen molar-refractivity contribution in [2.24, 2.45) is 0 Å². The lowest BCUT2D eigenvalue weighted by Gasteiger charge is -2.19. The van der Waals surface area contributed by atoms with E-state index in [2.05, 4.69) is 10.4 Å². The molecule has 9 heteroatoms. The van der Waals surface area contributed by atoms with E-state index < -0.39 is 5.91 Å². The first-order valence-corrected chi connectivity index (χ1v) is 10.8. The summed E-state index contributed by atoms with van der Waals surface area (Å²) in [5.41, 5.74) is 0.328. The van der Waals surface area contributed by atoms with Gasteiger partial charge in [0, 0.05) is 30.7 Å². The fraction of sp³-hybridized carbons (Fsp3) is 0.304. The SMILES string of the molecule is CCN(CC)C(=O)COc1ccc(NC(=O)c2nn(CC)c(=O)c3ccccc23)cc1Cl. The summed E-state index contributed by atoms with van der Waals surface area (Å²) in [5, 5.41) is 8.14. The Kier molecular flexibility index (Phi) is 7.48. The average Bonchev–Trinajstić information content (AvgIpc) is 2.79. The van der Waals surface area contributed by atoms with Crippen molar-refractivity contribution in [2.45, 2.75) is 27.3 Å². The summed E-state index contributed by atoms with van der Waals surface area (Å²) in [5.74, 6) is -0.259. The van der Waals surface area contributed by atoms with E-state index in [1.54, 1.807) is 48.2 Å². The van der Waals surface area contributed by atoms with E-state index in [4.69, 9.17) is 16.3 Å². The Balaban J connectivity index is 1.79. The molecule has 0 aliphatic heterocycles. The third kappa shape index (κ3) is 4.91. The summed E-state index contributed by atoms with van der Waals surface area (Å²) in [7, 11) is 0. The topological polar surface area (TPSA) is 93.5 Å². The third-order valence-corrected chi connectivity index (χ3v) is 5.33. The number of aromatic nitrogens is 2. The van der Waals surface area contributed by atoms with E-state index in [1.807, 2.05) is 13.8 Å². The van der Waals surface area contributed by atoms with Crippen molar-refractivity contribution in [3.05, 3.63) is 63.5 Å². The van der Waals surface area contributed by atoms with Gasteiger partial charge in [0.1, 0.15) is 5.75 Å². The Hall–Kier alpha value is -3.39. The van der Waals surface area contributed by atoms with Gasteiger partial charge in [-0.1, -0.05) is 29.8 Å². The van der Waals surface area contributed by atoms with Gasteiger partial charge in [0.2, 0.25) is 0 Å². The zero-order valence-electron chi connectivity index (χ0n) is 18.2. The number of carbonyl (C=O) groups is 2. The highest BCUT2D eigenvalue weighted by Crippen LogP contribution is 2.28. The maximum atomic E-state index is 12.9. The van der Waals surface area contributed by atoms with Gasteiger partial charge in [-0.05, 0) is 45.0 Å². The maximum Gasteiger partial charge on any atom is 0.276 e. The quantitative estimate of drug-likeness (QED) is 0.559. The van der Waals surface area contributed by atoms with E-state index in [0.717, 1.165) is 0 Å². The molecule has 1 aromatic heterocycles. The number of benzene rings is 2. The summed E-state index contributed by atoms with van der Waals surface area (Å²) in [6, 6.07) is 11.6. The second kappa shape index (κ2) is 10.3. The van der Waals surface area contributed by atoms with E-state index in [-0.39, 0.29) is 28.8 Å². The van der Waals surface area contributed by atoms with Crippen LogP contribution in [0.2, 0.25) is 5.02 Å². The van der Waals surface area contributed by atoms with Crippen LogP contribution in [0.15, 0.2) is 47.3 Å². The molecule has 0 aliphatic rings. The Bertz CT molecular complexity index is 1200. The van der Waals surface area contributed by atoms with Crippen LogP contribution in [0.3, 0.4) is 0 Å². The number of anilines is 1. The van der Waals surface area contributed by atoms with E-state index in [1.165, 1.54) is 10.7 Å². The number of likely N-dealkylation sites (N-methyl/N-ethyl adjacent to an activating group) is 1. The lowest BCUT2D eigenvalue weighted by atomic mass is 10.1. The van der Waals surface area contributed by atoms with Gasteiger partial charge in [-0.25, -0.2) is 4.68 Å². The van der Waals surface area contributed by atoms with Gasteiger partial charge in [-0.3, -0.25) is 14.4 Å². The minimum absolute atomic E-state index is 0.123. The lowest BCUT2D eigenvalue weighted by Crippen LogP contribution is -2.34. The number of aryl methyl sites for hydroxylation is 1. The highest BCUT2D eigenvalue weighted by Gasteiger charge is 2.17. The summed E-state index contributed by atoms with van der Waals surface area (Å²) in [6.07, 6.45) is 0. The number of amides is 2. The van der Waals surface area contributed by atoms with Crippen molar-refractivity contribution in [1.82, 2.24) is 14.7 Å². The van der Waals surface area contributed by atoms with E-state index in [9.17, 15) is 14.4 Å². The van der Waals surface area contributed by atoms with Crippen molar-refractivity contribution in [3.63, 3.8) is 0 Å². The normalized spacial score (nSPS) is 10.8. The zero-order valence-corrected chi connectivity index (χ0v) is 19.0. The Labute approximate surface area is 190 Å². The van der Waals surface area contributed by atoms with Crippen LogP contribution in [-0.4, -0.2) is 46.2 Å². The number of hydrogen-bond acceptors (Lipinski definition) is 5. The largest absolute Gasteiger partial charge is 0.482 e. The molecule has 0 spiro atoms. The molecule has 0 fully saturated rings. The molecule has 0 unspecified atom stereocenters. The molecular formula is C23H25ClN4O4. The van der Waals surface area contributed by atoms with Gasteiger partial charge in [-0.15, -0.1) is 0 Å². The number of carbonyl (C=O) groups excluding carboxylic acids is 2. The van der Waals surface area contributed by atoms with Crippen LogP contribution >= 0.6 is 11.6 Å². The second-order valence-corrected chi connectivity index (χ2v) is 7.38. The first kappa shape index (κ1) is 23.3. The zero-order chi connectivity index (χ0) is 23.3. The minimum Gasteiger partial charge on any atom is -0.482 e. The molecule has 0 aliphatic carbocycles. The minimum atomic E-state index is -0.468. The van der Waals surface area contributed by atoms with Crippen LogP contribution < -0.4 is 15.6 Å². The molecule has 2 amide bonds. The van der Waals surface area contributed by atoms with Gasteiger partial charge < -0.3 is 15.0 Å². The fourth-order valence-corrected chi connectivity index (χ4v) is 3.55. The number of rotatable bonds is 8. The summed E-state index contributed by atoms with van der Waals surface area (Å²) < 4.78 is 6.80. The van der Waals surface area contributed by atoms with Crippen molar-refractivity contribution in [2.75, 3.05) is 25.0 Å². The molecule has 1 N–H and O–H groups in total. The lowest BCUT2D eigenvalue weighted by molar-refractivity contribution is -0.132. The first-order valence-electron chi connectivity index (χ1n) is 10.4. The summed E-state index contributed by atoms with van der Waals surface area (Å²) in [6.45, 7) is 7.01. The second-order valence-electron chi connectivity index (χ2n) is 6.97. The third-order valence-electron chi connectivity index (χ3n) is 5.04. The average molecular weight is 457 g/mol. The molecular weight excluding hydrogens is 432 g/mol. The number of hydrogen-bond donors (Lipinski definition) is 1. The Morgan fingerprint density at radius 2 is 1.78 bits per heavy atom.